The number of hydrogen-bond donors (Lipinski definition) is 0. The predicted molar refractivity (Wildman–Crippen MR) is 96.9 cm³/mol. The Balaban J connectivity index is 2.07. The van der Waals surface area contributed by atoms with Crippen molar-refractivity contribution in [2.75, 3.05) is 22.6 Å². The van der Waals surface area contributed by atoms with E-state index in [-0.39, 0.29) is 0 Å². The molecule has 6 nitrogen and oxygen atoms in total. The van der Waals surface area contributed by atoms with E-state index in [1.807, 2.05) is 0 Å². The molecule has 8 heteroatoms. The molecular weight excluding hydrogens is 408 g/mol. The molecule has 0 aliphatic carbocycles. The van der Waals surface area contributed by atoms with Crippen LogP contribution in [0, 0.1) is 0 Å². The number of hydrogen-bond acceptors (Lipinski definition) is 4. The van der Waals surface area contributed by atoms with Crippen LogP contribution < -0.4 is 9.80 Å². The number of likely N-dealkylation sites (N-methyl/N-ethyl adjacent to an activating group) is 1. The first kappa shape index (κ1) is 16.3. The van der Waals surface area contributed by atoms with Crippen molar-refractivity contribution in [1.29, 1.82) is 0 Å². The molecule has 0 N–H and O–H groups in total. The number of anilines is 2. The number of fused-ring (bicyclic) bond motifs is 2. The number of rotatable bonds is 1. The van der Waals surface area contributed by atoms with Crippen molar-refractivity contribution in [2.24, 2.45) is 0 Å². The highest BCUT2D eigenvalue weighted by Crippen LogP contribution is 2.51. The molecule has 25 heavy (non-hydrogen) atoms. The summed E-state index contributed by atoms with van der Waals surface area (Å²) in [6.07, 6.45) is 0. The predicted octanol–water partition coefficient (Wildman–Crippen LogP) is 2.04. The zero-order chi connectivity index (χ0) is 18.0. The summed E-state index contributed by atoms with van der Waals surface area (Å²) in [6, 6.07) is 13.3. The molecule has 0 saturated carbocycles. The van der Waals surface area contributed by atoms with Crippen molar-refractivity contribution >= 4 is 49.0 Å². The lowest BCUT2D eigenvalue weighted by Gasteiger charge is -2.32. The molecule has 2 amide bonds. The SMILES string of the molecule is CN1C(=O)[C@@]2(c3ccccc31)N(c1ccc(Br)cc1)C(=O)CS2(=O)=O. The van der Waals surface area contributed by atoms with Crippen molar-refractivity contribution in [3.63, 3.8) is 0 Å². The summed E-state index contributed by atoms with van der Waals surface area (Å²) < 4.78 is 26.9. The maximum Gasteiger partial charge on any atom is 0.273 e. The molecule has 2 aromatic carbocycles. The van der Waals surface area contributed by atoms with Gasteiger partial charge in [-0.3, -0.25) is 14.5 Å². The summed E-state index contributed by atoms with van der Waals surface area (Å²) in [7, 11) is -2.54. The second-order valence-electron chi connectivity index (χ2n) is 5.99. The van der Waals surface area contributed by atoms with E-state index in [0.717, 1.165) is 9.37 Å². The molecule has 2 aliphatic rings. The molecule has 1 fully saturated rings. The third-order valence-corrected chi connectivity index (χ3v) is 7.27. The zero-order valence-electron chi connectivity index (χ0n) is 13.1. The number of nitrogens with zero attached hydrogens (tertiary/aromatic N) is 2. The van der Waals surface area contributed by atoms with Crippen LogP contribution >= 0.6 is 15.9 Å². The van der Waals surface area contributed by atoms with Crippen LogP contribution in [0.4, 0.5) is 11.4 Å². The van der Waals surface area contributed by atoms with Gasteiger partial charge in [-0.2, -0.15) is 0 Å². The summed E-state index contributed by atoms with van der Waals surface area (Å²) in [5.41, 5.74) is 1.18. The molecule has 1 atom stereocenters. The van der Waals surface area contributed by atoms with Gasteiger partial charge in [0.25, 0.3) is 10.8 Å². The van der Waals surface area contributed by atoms with Crippen molar-refractivity contribution < 1.29 is 18.0 Å². The first-order chi connectivity index (χ1) is 11.8. The van der Waals surface area contributed by atoms with E-state index in [1.165, 1.54) is 11.9 Å². The van der Waals surface area contributed by atoms with Gasteiger partial charge in [-0.25, -0.2) is 8.42 Å². The van der Waals surface area contributed by atoms with E-state index in [9.17, 15) is 18.0 Å². The lowest BCUT2D eigenvalue weighted by Crippen LogP contribution is -2.53. The fourth-order valence-corrected chi connectivity index (χ4v) is 5.91. The van der Waals surface area contributed by atoms with Gasteiger partial charge in [-0.05, 0) is 30.3 Å². The van der Waals surface area contributed by atoms with Crippen molar-refractivity contribution in [1.82, 2.24) is 0 Å². The largest absolute Gasteiger partial charge is 0.312 e. The monoisotopic (exact) mass is 420 g/mol. The zero-order valence-corrected chi connectivity index (χ0v) is 15.5. The second kappa shape index (κ2) is 5.15. The highest BCUT2D eigenvalue weighted by molar-refractivity contribution is 9.10. The molecule has 128 valence electrons. The second-order valence-corrected chi connectivity index (χ2v) is 9.01. The molecule has 4 rings (SSSR count). The van der Waals surface area contributed by atoms with Crippen LogP contribution in [0.3, 0.4) is 0 Å². The molecule has 1 saturated heterocycles. The first-order valence-corrected chi connectivity index (χ1v) is 9.94. The van der Waals surface area contributed by atoms with Gasteiger partial charge in [0.05, 0.1) is 5.69 Å². The van der Waals surface area contributed by atoms with E-state index in [1.54, 1.807) is 48.5 Å². The minimum atomic E-state index is -4.07. The normalized spacial score (nSPS) is 24.2. The summed E-state index contributed by atoms with van der Waals surface area (Å²) in [5.74, 6) is -1.94. The fraction of sp³-hybridized carbons (Fsp3) is 0.176. The van der Waals surface area contributed by atoms with Crippen LogP contribution in [-0.4, -0.2) is 33.0 Å². The van der Waals surface area contributed by atoms with Crippen LogP contribution in [-0.2, 0) is 24.3 Å². The third-order valence-electron chi connectivity index (χ3n) is 4.64. The standard InChI is InChI=1S/C17H13BrN2O4S/c1-19-14-5-3-2-4-13(14)17(16(19)22)20(15(21)10-25(17,23)24)12-8-6-11(18)7-9-12/h2-9H,10H2,1H3/t17-/m0/s1. The van der Waals surface area contributed by atoms with E-state index in [4.69, 9.17) is 0 Å². The summed E-state index contributed by atoms with van der Waals surface area (Å²) in [6.45, 7) is 0. The minimum Gasteiger partial charge on any atom is -0.312 e. The smallest absolute Gasteiger partial charge is 0.273 e. The van der Waals surface area contributed by atoms with Crippen molar-refractivity contribution in [3.8, 4) is 0 Å². The molecule has 0 unspecified atom stereocenters. The number of amides is 2. The Kier molecular flexibility index (Phi) is 3.36. The molecule has 0 radical (unpaired) electrons. The number of benzene rings is 2. The summed E-state index contributed by atoms with van der Waals surface area (Å²) in [4.78, 5) is 26.2. The third kappa shape index (κ3) is 1.92. The van der Waals surface area contributed by atoms with E-state index in [2.05, 4.69) is 15.9 Å². The van der Waals surface area contributed by atoms with Gasteiger partial charge in [0.2, 0.25) is 5.91 Å². The molecule has 2 aromatic rings. The van der Waals surface area contributed by atoms with Crippen LogP contribution in [0.1, 0.15) is 5.56 Å². The number of para-hydroxylation sites is 1. The maximum atomic E-state index is 13.1. The van der Waals surface area contributed by atoms with Crippen molar-refractivity contribution in [2.45, 2.75) is 4.87 Å². The Labute approximate surface area is 153 Å². The average Bonchev–Trinajstić information content (AvgIpc) is 2.93. The Morgan fingerprint density at radius 2 is 1.68 bits per heavy atom. The van der Waals surface area contributed by atoms with Gasteiger partial charge in [0.1, 0.15) is 5.75 Å². The van der Waals surface area contributed by atoms with E-state index >= 15 is 0 Å². The van der Waals surface area contributed by atoms with Crippen LogP contribution in [0.25, 0.3) is 0 Å². The van der Waals surface area contributed by atoms with Crippen molar-refractivity contribution in [3.05, 3.63) is 58.6 Å². The highest BCUT2D eigenvalue weighted by Gasteiger charge is 2.69. The topological polar surface area (TPSA) is 74.8 Å². The lowest BCUT2D eigenvalue weighted by molar-refractivity contribution is -0.123. The lowest BCUT2D eigenvalue weighted by atomic mass is 10.0. The van der Waals surface area contributed by atoms with Crippen LogP contribution in [0.2, 0.25) is 0 Å². The minimum absolute atomic E-state index is 0.316. The van der Waals surface area contributed by atoms with E-state index in [0.29, 0.717) is 16.9 Å². The number of sulfone groups is 1. The average molecular weight is 421 g/mol. The number of halogens is 1. The number of carbonyl (C=O) groups is 2. The maximum absolute atomic E-state index is 13.1. The van der Waals surface area contributed by atoms with Gasteiger partial charge in [-0.1, -0.05) is 34.1 Å². The Morgan fingerprint density at radius 1 is 1.04 bits per heavy atom. The van der Waals surface area contributed by atoms with Gasteiger partial charge < -0.3 is 4.90 Å². The molecule has 0 aromatic heterocycles. The van der Waals surface area contributed by atoms with Gasteiger partial charge in [-0.15, -0.1) is 0 Å². The van der Waals surface area contributed by atoms with E-state index < -0.39 is 32.3 Å². The molecule has 0 bridgehead atoms. The van der Waals surface area contributed by atoms with Crippen LogP contribution in [0.15, 0.2) is 53.0 Å². The summed E-state index contributed by atoms with van der Waals surface area (Å²) >= 11 is 3.32. The highest BCUT2D eigenvalue weighted by atomic mass is 79.9. The van der Waals surface area contributed by atoms with Gasteiger partial charge in [0.15, 0.2) is 9.84 Å². The quantitative estimate of drug-likeness (QED) is 0.707. The van der Waals surface area contributed by atoms with Gasteiger partial charge in [0, 0.05) is 22.8 Å². The Bertz CT molecular complexity index is 1020. The number of carbonyl (C=O) groups excluding carboxylic acids is 2. The van der Waals surface area contributed by atoms with Crippen LogP contribution in [0.5, 0.6) is 0 Å². The molecule has 2 heterocycles. The Morgan fingerprint density at radius 3 is 2.36 bits per heavy atom. The molecule has 2 aliphatic heterocycles. The summed E-state index contributed by atoms with van der Waals surface area (Å²) in [5, 5.41) is 0. The first-order valence-electron chi connectivity index (χ1n) is 7.49. The van der Waals surface area contributed by atoms with Gasteiger partial charge >= 0.3 is 0 Å². The Hall–Kier alpha value is -2.19. The molecule has 1 spiro atoms. The fourth-order valence-electron chi connectivity index (χ4n) is 3.58. The molecular formula is C17H13BrN2O4S.